The Bertz CT molecular complexity index is 476. The van der Waals surface area contributed by atoms with Crippen molar-refractivity contribution in [3.8, 4) is 0 Å². The van der Waals surface area contributed by atoms with Gasteiger partial charge in [-0.05, 0) is 12.3 Å². The number of carbonyl (C=O) groups is 1. The Balaban J connectivity index is 1.99. The van der Waals surface area contributed by atoms with Crippen molar-refractivity contribution in [3.05, 3.63) is 35.9 Å². The smallest absolute Gasteiger partial charge is 0.163 e. The highest BCUT2D eigenvalue weighted by Crippen LogP contribution is 2.23. The maximum atomic E-state index is 11.8. The predicted octanol–water partition coefficient (Wildman–Crippen LogP) is 1.69. The molecule has 1 saturated heterocycles. The highest BCUT2D eigenvalue weighted by molar-refractivity contribution is 7.91. The van der Waals surface area contributed by atoms with E-state index in [0.29, 0.717) is 18.4 Å². The van der Waals surface area contributed by atoms with Gasteiger partial charge in [-0.25, -0.2) is 8.42 Å². The summed E-state index contributed by atoms with van der Waals surface area (Å²) in [5, 5.41) is 0. The van der Waals surface area contributed by atoms with Crippen LogP contribution in [-0.2, 0) is 9.84 Å². The Kier molecular flexibility index (Phi) is 3.10. The first kappa shape index (κ1) is 11.3. The van der Waals surface area contributed by atoms with Crippen LogP contribution >= 0.6 is 0 Å². The third-order valence-electron chi connectivity index (χ3n) is 2.90. The number of ketones is 1. The summed E-state index contributed by atoms with van der Waals surface area (Å²) < 4.78 is 22.5. The van der Waals surface area contributed by atoms with Crippen LogP contribution < -0.4 is 0 Å². The zero-order valence-electron chi connectivity index (χ0n) is 8.93. The van der Waals surface area contributed by atoms with Crippen molar-refractivity contribution in [3.63, 3.8) is 0 Å². The molecule has 1 aromatic carbocycles. The van der Waals surface area contributed by atoms with Crippen molar-refractivity contribution >= 4 is 15.6 Å². The summed E-state index contributed by atoms with van der Waals surface area (Å²) in [5.74, 6) is 0.464. The summed E-state index contributed by atoms with van der Waals surface area (Å²) in [5.41, 5.74) is 0.673. The van der Waals surface area contributed by atoms with E-state index in [1.807, 2.05) is 18.2 Å². The van der Waals surface area contributed by atoms with E-state index in [9.17, 15) is 13.2 Å². The van der Waals surface area contributed by atoms with E-state index in [2.05, 4.69) is 0 Å². The molecule has 2 rings (SSSR count). The van der Waals surface area contributed by atoms with E-state index in [0.717, 1.165) is 0 Å². The van der Waals surface area contributed by atoms with Gasteiger partial charge in [-0.2, -0.15) is 0 Å². The van der Waals surface area contributed by atoms with Crippen molar-refractivity contribution < 1.29 is 13.2 Å². The zero-order chi connectivity index (χ0) is 11.6. The summed E-state index contributed by atoms with van der Waals surface area (Å²) in [6.07, 6.45) is 0.976. The fourth-order valence-corrected chi connectivity index (χ4v) is 3.90. The molecular weight excluding hydrogens is 224 g/mol. The van der Waals surface area contributed by atoms with Crippen LogP contribution in [0.5, 0.6) is 0 Å². The van der Waals surface area contributed by atoms with Crippen LogP contribution in [0.4, 0.5) is 0 Å². The average molecular weight is 238 g/mol. The van der Waals surface area contributed by atoms with Gasteiger partial charge < -0.3 is 0 Å². The highest BCUT2D eigenvalue weighted by atomic mass is 32.2. The maximum absolute atomic E-state index is 11.8. The van der Waals surface area contributed by atoms with Crippen LogP contribution in [0.1, 0.15) is 23.2 Å². The lowest BCUT2D eigenvalue weighted by Crippen LogP contribution is -2.10. The minimum absolute atomic E-state index is 0.0118. The molecule has 0 aliphatic carbocycles. The molecule has 1 unspecified atom stereocenters. The van der Waals surface area contributed by atoms with E-state index >= 15 is 0 Å². The van der Waals surface area contributed by atoms with Gasteiger partial charge in [0.05, 0.1) is 11.5 Å². The Labute approximate surface area is 95.4 Å². The number of hydrogen-bond acceptors (Lipinski definition) is 3. The van der Waals surface area contributed by atoms with E-state index in [-0.39, 0.29) is 23.2 Å². The minimum Gasteiger partial charge on any atom is -0.294 e. The largest absolute Gasteiger partial charge is 0.294 e. The van der Waals surface area contributed by atoms with Crippen LogP contribution in [0.15, 0.2) is 30.3 Å². The van der Waals surface area contributed by atoms with Gasteiger partial charge in [0.1, 0.15) is 0 Å². The summed E-state index contributed by atoms with van der Waals surface area (Å²) in [4.78, 5) is 11.8. The maximum Gasteiger partial charge on any atom is 0.163 e. The lowest BCUT2D eigenvalue weighted by Gasteiger charge is -2.05. The van der Waals surface area contributed by atoms with Crippen LogP contribution in [0, 0.1) is 5.92 Å². The van der Waals surface area contributed by atoms with Crippen molar-refractivity contribution in [2.24, 2.45) is 5.92 Å². The van der Waals surface area contributed by atoms with Gasteiger partial charge in [-0.15, -0.1) is 0 Å². The predicted molar refractivity (Wildman–Crippen MR) is 62.2 cm³/mol. The van der Waals surface area contributed by atoms with Gasteiger partial charge >= 0.3 is 0 Å². The fraction of sp³-hybridized carbons (Fsp3) is 0.417. The summed E-state index contributed by atoms with van der Waals surface area (Å²) in [7, 11) is -2.88. The molecule has 4 heteroatoms. The molecule has 0 radical (unpaired) electrons. The third kappa shape index (κ3) is 2.70. The van der Waals surface area contributed by atoms with E-state index in [4.69, 9.17) is 0 Å². The van der Waals surface area contributed by atoms with Crippen molar-refractivity contribution in [1.29, 1.82) is 0 Å². The van der Waals surface area contributed by atoms with Crippen molar-refractivity contribution in [2.45, 2.75) is 12.8 Å². The number of benzene rings is 1. The first-order valence-corrected chi connectivity index (χ1v) is 7.18. The van der Waals surface area contributed by atoms with Crippen LogP contribution in [0.2, 0.25) is 0 Å². The van der Waals surface area contributed by atoms with Crippen LogP contribution in [0.25, 0.3) is 0 Å². The monoisotopic (exact) mass is 238 g/mol. The number of carbonyl (C=O) groups excluding carboxylic acids is 1. The zero-order valence-corrected chi connectivity index (χ0v) is 9.74. The average Bonchev–Trinajstić information content (AvgIpc) is 2.59. The first-order valence-electron chi connectivity index (χ1n) is 5.35. The standard InChI is InChI=1S/C12H14O3S/c13-12(11-4-2-1-3-5-11)8-10-6-7-16(14,15)9-10/h1-5,10H,6-9H2. The quantitative estimate of drug-likeness (QED) is 0.753. The molecule has 1 fully saturated rings. The number of rotatable bonds is 3. The first-order chi connectivity index (χ1) is 7.57. The topological polar surface area (TPSA) is 51.2 Å². The molecule has 3 nitrogen and oxygen atoms in total. The van der Waals surface area contributed by atoms with Gasteiger partial charge in [0.15, 0.2) is 15.6 Å². The number of hydrogen-bond donors (Lipinski definition) is 0. The van der Waals surface area contributed by atoms with Crippen molar-refractivity contribution in [1.82, 2.24) is 0 Å². The van der Waals surface area contributed by atoms with Crippen molar-refractivity contribution in [2.75, 3.05) is 11.5 Å². The Morgan fingerprint density at radius 2 is 1.94 bits per heavy atom. The molecule has 0 N–H and O–H groups in total. The SMILES string of the molecule is O=C(CC1CCS(=O)(=O)C1)c1ccccc1. The molecule has 0 saturated carbocycles. The van der Waals surface area contributed by atoms with Gasteiger partial charge in [0.2, 0.25) is 0 Å². The second kappa shape index (κ2) is 4.37. The van der Waals surface area contributed by atoms with Crippen LogP contribution in [-0.4, -0.2) is 25.7 Å². The summed E-state index contributed by atoms with van der Waals surface area (Å²) in [6, 6.07) is 9.03. The molecule has 0 spiro atoms. The molecule has 0 aromatic heterocycles. The van der Waals surface area contributed by atoms with Gasteiger partial charge in [0, 0.05) is 12.0 Å². The molecule has 86 valence electrons. The summed E-state index contributed by atoms with van der Waals surface area (Å²) in [6.45, 7) is 0. The third-order valence-corrected chi connectivity index (χ3v) is 4.73. The van der Waals surface area contributed by atoms with E-state index in [1.165, 1.54) is 0 Å². The van der Waals surface area contributed by atoms with E-state index in [1.54, 1.807) is 12.1 Å². The Morgan fingerprint density at radius 1 is 1.25 bits per heavy atom. The molecular formula is C12H14O3S. The molecule has 0 amide bonds. The normalized spacial score (nSPS) is 23.1. The second-order valence-electron chi connectivity index (χ2n) is 4.26. The molecule has 1 heterocycles. The Hall–Kier alpha value is -1.16. The highest BCUT2D eigenvalue weighted by Gasteiger charge is 2.29. The van der Waals surface area contributed by atoms with Gasteiger partial charge in [0.25, 0.3) is 0 Å². The van der Waals surface area contributed by atoms with Crippen LogP contribution in [0.3, 0.4) is 0 Å². The van der Waals surface area contributed by atoms with Gasteiger partial charge in [-0.1, -0.05) is 30.3 Å². The molecule has 0 bridgehead atoms. The molecule has 16 heavy (non-hydrogen) atoms. The lowest BCUT2D eigenvalue weighted by molar-refractivity contribution is 0.0965. The number of sulfone groups is 1. The second-order valence-corrected chi connectivity index (χ2v) is 6.49. The Morgan fingerprint density at radius 3 is 2.50 bits per heavy atom. The minimum atomic E-state index is -2.88. The number of Topliss-reactive ketones (excluding diaryl/α,β-unsaturated/α-hetero) is 1. The lowest BCUT2D eigenvalue weighted by atomic mass is 9.98. The fourth-order valence-electron chi connectivity index (χ4n) is 2.04. The molecule has 1 aromatic rings. The molecule has 1 aliphatic heterocycles. The summed E-state index contributed by atoms with van der Waals surface area (Å²) >= 11 is 0. The van der Waals surface area contributed by atoms with E-state index < -0.39 is 9.84 Å². The molecule has 1 atom stereocenters. The van der Waals surface area contributed by atoms with Gasteiger partial charge in [-0.3, -0.25) is 4.79 Å². The molecule has 1 aliphatic rings.